The van der Waals surface area contributed by atoms with Crippen molar-refractivity contribution in [1.82, 2.24) is 5.32 Å². The van der Waals surface area contributed by atoms with E-state index in [1.165, 1.54) is 32.1 Å². The van der Waals surface area contributed by atoms with Crippen molar-refractivity contribution >= 4 is 5.91 Å². The summed E-state index contributed by atoms with van der Waals surface area (Å²) in [6, 6.07) is 0. The summed E-state index contributed by atoms with van der Waals surface area (Å²) >= 11 is 0. The van der Waals surface area contributed by atoms with Crippen LogP contribution in [0.1, 0.15) is 65.2 Å². The number of rotatable bonds is 4. The average Bonchev–Trinajstić information content (AvgIpc) is 2.46. The van der Waals surface area contributed by atoms with Crippen LogP contribution < -0.4 is 5.32 Å². The van der Waals surface area contributed by atoms with Crippen molar-refractivity contribution in [3.8, 4) is 0 Å². The molecule has 19 heavy (non-hydrogen) atoms. The smallest absolute Gasteiger partial charge is 0.223 e. The molecule has 0 heterocycles. The summed E-state index contributed by atoms with van der Waals surface area (Å²) in [5.41, 5.74) is -0.444. The molecule has 0 aliphatic heterocycles. The van der Waals surface area contributed by atoms with Gasteiger partial charge in [0.05, 0.1) is 12.1 Å². The van der Waals surface area contributed by atoms with Gasteiger partial charge < -0.3 is 10.4 Å². The normalized spacial score (nSPS) is 34.2. The largest absolute Gasteiger partial charge is 0.394 e. The molecule has 3 nitrogen and oxygen atoms in total. The second-order valence-corrected chi connectivity index (χ2v) is 6.88. The molecule has 0 bridgehead atoms. The van der Waals surface area contributed by atoms with E-state index in [1.54, 1.807) is 0 Å². The van der Waals surface area contributed by atoms with Gasteiger partial charge in [0, 0.05) is 5.92 Å². The molecule has 2 saturated carbocycles. The maximum Gasteiger partial charge on any atom is 0.223 e. The van der Waals surface area contributed by atoms with E-state index in [-0.39, 0.29) is 18.4 Å². The fourth-order valence-corrected chi connectivity index (χ4v) is 3.75. The third-order valence-corrected chi connectivity index (χ3v) is 5.46. The Bertz CT molecular complexity index is 312. The van der Waals surface area contributed by atoms with Gasteiger partial charge in [0.2, 0.25) is 5.91 Å². The van der Waals surface area contributed by atoms with E-state index < -0.39 is 5.54 Å². The first-order chi connectivity index (χ1) is 9.08. The number of amides is 1. The second-order valence-electron chi connectivity index (χ2n) is 6.88. The lowest BCUT2D eigenvalue weighted by atomic mass is 9.67. The van der Waals surface area contributed by atoms with E-state index >= 15 is 0 Å². The number of carbonyl (C=O) groups is 1. The monoisotopic (exact) mass is 267 g/mol. The van der Waals surface area contributed by atoms with Crippen LogP contribution in [0.3, 0.4) is 0 Å². The maximum atomic E-state index is 12.4. The van der Waals surface area contributed by atoms with Crippen LogP contribution in [0.25, 0.3) is 0 Å². The first-order valence-corrected chi connectivity index (χ1v) is 8.01. The van der Waals surface area contributed by atoms with E-state index in [0.717, 1.165) is 31.1 Å². The summed E-state index contributed by atoms with van der Waals surface area (Å²) in [7, 11) is 0. The molecule has 2 aliphatic carbocycles. The molecule has 4 atom stereocenters. The highest BCUT2D eigenvalue weighted by Gasteiger charge is 2.36. The molecule has 0 radical (unpaired) electrons. The van der Waals surface area contributed by atoms with Gasteiger partial charge in [-0.15, -0.1) is 0 Å². The Morgan fingerprint density at radius 1 is 1.21 bits per heavy atom. The number of carbonyl (C=O) groups excluding carboxylic acids is 1. The number of hydrogen-bond donors (Lipinski definition) is 2. The summed E-state index contributed by atoms with van der Waals surface area (Å²) in [5, 5.41) is 12.5. The Kier molecular flexibility index (Phi) is 4.88. The van der Waals surface area contributed by atoms with Crippen LogP contribution in [-0.2, 0) is 4.79 Å². The fourth-order valence-electron chi connectivity index (χ4n) is 3.75. The summed E-state index contributed by atoms with van der Waals surface area (Å²) in [6.07, 6.45) is 9.54. The third kappa shape index (κ3) is 3.50. The van der Waals surface area contributed by atoms with Gasteiger partial charge in [0.25, 0.3) is 0 Å². The minimum absolute atomic E-state index is 0.0218. The predicted octanol–water partition coefficient (Wildman–Crippen LogP) is 2.87. The van der Waals surface area contributed by atoms with E-state index in [9.17, 15) is 9.90 Å². The molecule has 0 aromatic heterocycles. The Labute approximate surface area is 117 Å². The van der Waals surface area contributed by atoms with Crippen molar-refractivity contribution in [2.75, 3.05) is 6.61 Å². The van der Waals surface area contributed by atoms with Crippen LogP contribution in [0.4, 0.5) is 0 Å². The van der Waals surface area contributed by atoms with Crippen LogP contribution in [0.2, 0.25) is 0 Å². The Balaban J connectivity index is 1.90. The molecule has 110 valence electrons. The zero-order valence-electron chi connectivity index (χ0n) is 12.5. The molecule has 0 aromatic carbocycles. The lowest BCUT2D eigenvalue weighted by Gasteiger charge is -2.40. The van der Waals surface area contributed by atoms with Crippen LogP contribution in [0, 0.1) is 17.8 Å². The van der Waals surface area contributed by atoms with E-state index in [1.807, 2.05) is 13.8 Å². The molecule has 2 fully saturated rings. The SMILES string of the molecule is CCC(C)(CO)NC(=O)C1CCC2CCCCC2C1. The molecule has 0 aromatic rings. The number of hydrogen-bond acceptors (Lipinski definition) is 2. The van der Waals surface area contributed by atoms with E-state index in [0.29, 0.717) is 0 Å². The molecule has 2 aliphatic rings. The van der Waals surface area contributed by atoms with Crippen molar-refractivity contribution in [3.63, 3.8) is 0 Å². The molecule has 0 spiro atoms. The average molecular weight is 267 g/mol. The van der Waals surface area contributed by atoms with E-state index in [4.69, 9.17) is 0 Å². The van der Waals surface area contributed by atoms with E-state index in [2.05, 4.69) is 5.32 Å². The molecular weight excluding hydrogens is 238 g/mol. The van der Waals surface area contributed by atoms with Crippen molar-refractivity contribution in [1.29, 1.82) is 0 Å². The third-order valence-electron chi connectivity index (χ3n) is 5.46. The van der Waals surface area contributed by atoms with Crippen LogP contribution in [0.15, 0.2) is 0 Å². The molecule has 2 N–H and O–H groups in total. The molecule has 4 unspecified atom stereocenters. The van der Waals surface area contributed by atoms with Crippen LogP contribution in [-0.4, -0.2) is 23.2 Å². The molecule has 2 rings (SSSR count). The second kappa shape index (κ2) is 6.25. The molecule has 3 heteroatoms. The Hall–Kier alpha value is -0.570. The Morgan fingerprint density at radius 3 is 2.53 bits per heavy atom. The first kappa shape index (κ1) is 14.8. The molecule has 0 saturated heterocycles. The lowest BCUT2D eigenvalue weighted by molar-refractivity contribution is -0.129. The summed E-state index contributed by atoms with van der Waals surface area (Å²) in [6.45, 7) is 3.96. The van der Waals surface area contributed by atoms with Gasteiger partial charge in [0.15, 0.2) is 0 Å². The summed E-state index contributed by atoms with van der Waals surface area (Å²) in [4.78, 5) is 12.4. The highest BCUT2D eigenvalue weighted by molar-refractivity contribution is 5.79. The van der Waals surface area contributed by atoms with Crippen molar-refractivity contribution in [3.05, 3.63) is 0 Å². The predicted molar refractivity (Wildman–Crippen MR) is 76.7 cm³/mol. The minimum atomic E-state index is -0.444. The minimum Gasteiger partial charge on any atom is -0.394 e. The molecular formula is C16H29NO2. The van der Waals surface area contributed by atoms with Crippen LogP contribution in [0.5, 0.6) is 0 Å². The quantitative estimate of drug-likeness (QED) is 0.823. The first-order valence-electron chi connectivity index (χ1n) is 8.01. The van der Waals surface area contributed by atoms with Crippen molar-refractivity contribution in [2.45, 2.75) is 70.8 Å². The highest BCUT2D eigenvalue weighted by atomic mass is 16.3. The van der Waals surface area contributed by atoms with Gasteiger partial charge in [-0.05, 0) is 44.4 Å². The van der Waals surface area contributed by atoms with Gasteiger partial charge in [-0.2, -0.15) is 0 Å². The van der Waals surface area contributed by atoms with Gasteiger partial charge in [-0.3, -0.25) is 4.79 Å². The number of aliphatic hydroxyl groups is 1. The topological polar surface area (TPSA) is 49.3 Å². The van der Waals surface area contributed by atoms with Crippen molar-refractivity contribution < 1.29 is 9.90 Å². The number of fused-ring (bicyclic) bond motifs is 1. The Morgan fingerprint density at radius 2 is 1.89 bits per heavy atom. The lowest BCUT2D eigenvalue weighted by Crippen LogP contribution is -2.51. The number of nitrogens with one attached hydrogen (secondary N) is 1. The van der Waals surface area contributed by atoms with Gasteiger partial charge in [0.1, 0.15) is 0 Å². The van der Waals surface area contributed by atoms with Crippen molar-refractivity contribution in [2.24, 2.45) is 17.8 Å². The van der Waals surface area contributed by atoms with Gasteiger partial charge >= 0.3 is 0 Å². The van der Waals surface area contributed by atoms with Gasteiger partial charge in [-0.1, -0.05) is 32.6 Å². The summed E-state index contributed by atoms with van der Waals surface area (Å²) in [5.74, 6) is 2.01. The standard InChI is InChI=1S/C16H29NO2/c1-3-16(2,11-18)17-15(19)14-9-8-12-6-4-5-7-13(12)10-14/h12-14,18H,3-11H2,1-2H3,(H,17,19). The zero-order chi connectivity index (χ0) is 13.9. The fraction of sp³-hybridized carbons (Fsp3) is 0.938. The van der Waals surface area contributed by atoms with Crippen LogP contribution >= 0.6 is 0 Å². The maximum absolute atomic E-state index is 12.4. The summed E-state index contributed by atoms with van der Waals surface area (Å²) < 4.78 is 0. The molecule has 1 amide bonds. The highest BCUT2D eigenvalue weighted by Crippen LogP contribution is 2.42. The van der Waals surface area contributed by atoms with Gasteiger partial charge in [-0.25, -0.2) is 0 Å². The zero-order valence-corrected chi connectivity index (χ0v) is 12.5. The number of aliphatic hydroxyl groups excluding tert-OH is 1.